The molecule has 14 heteroatoms. The molecule has 0 saturated heterocycles. The van der Waals surface area contributed by atoms with Crippen molar-refractivity contribution < 1.29 is 46.5 Å². The first kappa shape index (κ1) is 43.1. The van der Waals surface area contributed by atoms with Crippen LogP contribution in [0.25, 0.3) is 0 Å². The fourth-order valence-corrected chi connectivity index (χ4v) is 7.19. The summed E-state index contributed by atoms with van der Waals surface area (Å²) in [6, 6.07) is 8.12. The van der Waals surface area contributed by atoms with Crippen molar-refractivity contribution in [3.05, 3.63) is 83.4 Å². The molecule has 0 spiro atoms. The van der Waals surface area contributed by atoms with Gasteiger partial charge in [0.05, 0.1) is 23.1 Å². The number of nitrogens with one attached hydrogen (secondary N) is 3. The van der Waals surface area contributed by atoms with E-state index in [4.69, 9.17) is 14.6 Å². The number of amides is 2. The van der Waals surface area contributed by atoms with Gasteiger partial charge in [-0.25, -0.2) is 22.0 Å². The van der Waals surface area contributed by atoms with Crippen LogP contribution in [0.2, 0.25) is 0 Å². The molecule has 0 unspecified atom stereocenters. The van der Waals surface area contributed by atoms with Crippen molar-refractivity contribution in [1.82, 2.24) is 16.0 Å². The second-order valence-electron chi connectivity index (χ2n) is 11.6. The Labute approximate surface area is 288 Å². The van der Waals surface area contributed by atoms with E-state index in [-0.39, 0.29) is 25.1 Å². The monoisotopic (exact) mass is 711 g/mol. The first-order valence-electron chi connectivity index (χ1n) is 16.3. The lowest BCUT2D eigenvalue weighted by atomic mass is 10.00. The van der Waals surface area contributed by atoms with Crippen LogP contribution in [0.4, 0.5) is 13.6 Å². The number of aryl methyl sites for hydroxylation is 1. The summed E-state index contributed by atoms with van der Waals surface area (Å²) in [5.41, 5.74) is 2.30. The second kappa shape index (κ2) is 22.7. The lowest BCUT2D eigenvalue weighted by molar-refractivity contribution is -0.134. The first-order chi connectivity index (χ1) is 23.1. The quantitative estimate of drug-likeness (QED) is 0.124. The molecule has 0 aromatic heterocycles. The molecule has 0 aliphatic rings. The van der Waals surface area contributed by atoms with Crippen LogP contribution in [-0.2, 0) is 43.5 Å². The van der Waals surface area contributed by atoms with E-state index >= 15 is 0 Å². The summed E-state index contributed by atoms with van der Waals surface area (Å²) in [5.74, 6) is -4.08. The summed E-state index contributed by atoms with van der Waals surface area (Å²) < 4.78 is 59.8. The number of carbonyl (C=O) groups excluding carboxylic acids is 2. The molecule has 0 fully saturated rings. The summed E-state index contributed by atoms with van der Waals surface area (Å²) in [4.78, 5) is 35.1. The maximum Gasteiger partial charge on any atom is 0.408 e. The van der Waals surface area contributed by atoms with Crippen molar-refractivity contribution in [2.24, 2.45) is 0 Å². The van der Waals surface area contributed by atoms with Gasteiger partial charge in [0.25, 0.3) is 5.97 Å². The summed E-state index contributed by atoms with van der Waals surface area (Å²) in [6.45, 7) is 10.6. The molecular formula is C35H51F2N3O8S. The summed E-state index contributed by atoms with van der Waals surface area (Å²) in [5, 5.41) is 26.0. The maximum atomic E-state index is 14.0. The first-order valence-corrected chi connectivity index (χ1v) is 18.0. The molecule has 49 heavy (non-hydrogen) atoms. The van der Waals surface area contributed by atoms with Crippen molar-refractivity contribution in [3.63, 3.8) is 0 Å². The minimum Gasteiger partial charge on any atom is -0.481 e. The van der Waals surface area contributed by atoms with Crippen LogP contribution in [0.1, 0.15) is 70.1 Å². The standard InChI is InChI=1S/C33H47F2N3O6S.C2H4O2/c1-5-10-28(11-6-2)45(42,43)22-30(38-33(41)44-14-7-3)32(40)37-29(18-25-16-26(34)19-27(35)17-25)31(39)21-36-20-24-13-9-12-23(8-4)15-24;1-2(3)4/h7,9,12-13,15-17,19,28-31,36,39H,3,5-6,8,10-11,14,18,20-22H2,1-2,4H3,(H,37,40)(H,38,41);1H3,(H,3,4)/t29-,30+,31+;/m0./s1. The van der Waals surface area contributed by atoms with Crippen molar-refractivity contribution in [2.75, 3.05) is 18.9 Å². The van der Waals surface area contributed by atoms with Gasteiger partial charge in [-0.3, -0.25) is 9.59 Å². The smallest absolute Gasteiger partial charge is 0.408 e. The molecule has 2 aromatic carbocycles. The van der Waals surface area contributed by atoms with Crippen LogP contribution in [0, 0.1) is 11.6 Å². The van der Waals surface area contributed by atoms with Crippen molar-refractivity contribution >= 4 is 27.8 Å². The van der Waals surface area contributed by atoms with Gasteiger partial charge in [0.1, 0.15) is 24.3 Å². The van der Waals surface area contributed by atoms with Crippen LogP contribution in [-0.4, -0.2) is 78.9 Å². The number of aliphatic carboxylic acids is 1. The highest BCUT2D eigenvalue weighted by Gasteiger charge is 2.34. The van der Waals surface area contributed by atoms with E-state index in [0.717, 1.165) is 36.6 Å². The third-order valence-electron chi connectivity index (χ3n) is 7.32. The molecule has 11 nitrogen and oxygen atoms in total. The Morgan fingerprint density at radius 3 is 2.10 bits per heavy atom. The molecule has 2 aromatic rings. The molecule has 2 amide bonds. The van der Waals surface area contributed by atoms with E-state index < -0.39 is 68.6 Å². The predicted molar refractivity (Wildman–Crippen MR) is 185 cm³/mol. The molecule has 0 radical (unpaired) electrons. The van der Waals surface area contributed by atoms with Gasteiger partial charge in [-0.15, -0.1) is 0 Å². The Balaban J connectivity index is 0.00000283. The highest BCUT2D eigenvalue weighted by molar-refractivity contribution is 7.92. The molecule has 0 aliphatic carbocycles. The zero-order valence-corrected chi connectivity index (χ0v) is 29.5. The Morgan fingerprint density at radius 1 is 0.959 bits per heavy atom. The molecular weight excluding hydrogens is 660 g/mol. The van der Waals surface area contributed by atoms with Gasteiger partial charge in [0, 0.05) is 26.1 Å². The Morgan fingerprint density at radius 2 is 1.55 bits per heavy atom. The van der Waals surface area contributed by atoms with Crippen molar-refractivity contribution in [1.29, 1.82) is 0 Å². The zero-order valence-electron chi connectivity index (χ0n) is 28.7. The van der Waals surface area contributed by atoms with Gasteiger partial charge in [-0.1, -0.05) is 70.5 Å². The van der Waals surface area contributed by atoms with Crippen molar-refractivity contribution in [2.45, 2.75) is 96.2 Å². The molecule has 3 atom stereocenters. The SMILES string of the molecule is C=CCOC(=O)N[C@H](CS(=O)(=O)C(CCC)CCC)C(=O)N[C@@H](Cc1cc(F)cc(F)c1)[C@H](O)CNCc1cccc(CC)c1.CC(=O)O. The van der Waals surface area contributed by atoms with Gasteiger partial charge in [-0.2, -0.15) is 0 Å². The number of benzene rings is 2. The minimum atomic E-state index is -3.86. The number of hydrogen-bond acceptors (Lipinski definition) is 8. The number of carboxylic acid groups (broad SMARTS) is 1. The van der Waals surface area contributed by atoms with E-state index in [2.05, 4.69) is 22.5 Å². The summed E-state index contributed by atoms with van der Waals surface area (Å²) in [7, 11) is -3.86. The fraction of sp³-hybridized carbons (Fsp3) is 0.514. The minimum absolute atomic E-state index is 0.00799. The fourth-order valence-electron chi connectivity index (χ4n) is 5.03. The van der Waals surface area contributed by atoms with Gasteiger partial charge in [0.2, 0.25) is 5.91 Å². The number of rotatable bonds is 20. The molecule has 0 bridgehead atoms. The topological polar surface area (TPSA) is 171 Å². The molecule has 5 N–H and O–H groups in total. The lowest BCUT2D eigenvalue weighted by Gasteiger charge is -2.28. The largest absolute Gasteiger partial charge is 0.481 e. The van der Waals surface area contributed by atoms with Crippen LogP contribution >= 0.6 is 0 Å². The van der Waals surface area contributed by atoms with E-state index in [0.29, 0.717) is 38.3 Å². The van der Waals surface area contributed by atoms with Crippen LogP contribution in [0.15, 0.2) is 55.1 Å². The number of aliphatic hydroxyl groups excluding tert-OH is 1. The van der Waals surface area contributed by atoms with Crippen LogP contribution in [0.5, 0.6) is 0 Å². The van der Waals surface area contributed by atoms with E-state index in [1.54, 1.807) is 0 Å². The Bertz CT molecular complexity index is 1430. The lowest BCUT2D eigenvalue weighted by Crippen LogP contribution is -2.57. The van der Waals surface area contributed by atoms with Crippen LogP contribution in [0.3, 0.4) is 0 Å². The molecule has 0 aliphatic heterocycles. The summed E-state index contributed by atoms with van der Waals surface area (Å²) in [6.07, 6.45) is 1.74. The molecule has 0 heterocycles. The second-order valence-corrected chi connectivity index (χ2v) is 13.9. The molecule has 274 valence electrons. The summed E-state index contributed by atoms with van der Waals surface area (Å²) >= 11 is 0. The highest BCUT2D eigenvalue weighted by Crippen LogP contribution is 2.18. The van der Waals surface area contributed by atoms with Crippen molar-refractivity contribution in [3.8, 4) is 0 Å². The maximum absolute atomic E-state index is 14.0. The number of halogens is 2. The highest BCUT2D eigenvalue weighted by atomic mass is 32.2. The average Bonchev–Trinajstić information content (AvgIpc) is 3.02. The number of hydrogen-bond donors (Lipinski definition) is 5. The Kier molecular flexibility index (Phi) is 20.0. The zero-order chi connectivity index (χ0) is 37.0. The van der Waals surface area contributed by atoms with E-state index in [1.807, 2.05) is 45.0 Å². The normalized spacial score (nSPS) is 13.0. The number of carbonyl (C=O) groups is 3. The van der Waals surface area contributed by atoms with Crippen LogP contribution < -0.4 is 16.0 Å². The number of carboxylic acids is 1. The number of ether oxygens (including phenoxy) is 1. The van der Waals surface area contributed by atoms with E-state index in [1.165, 1.54) is 6.08 Å². The number of alkyl carbamates (subject to hydrolysis) is 1. The average molecular weight is 712 g/mol. The van der Waals surface area contributed by atoms with E-state index in [9.17, 15) is 31.9 Å². The molecule has 2 rings (SSSR count). The molecule has 0 saturated carbocycles. The third-order valence-corrected chi connectivity index (χ3v) is 9.61. The Hall–Kier alpha value is -3.88. The number of aliphatic hydroxyl groups is 1. The third kappa shape index (κ3) is 17.4. The number of sulfone groups is 1. The van der Waals surface area contributed by atoms with Gasteiger partial charge in [0.15, 0.2) is 9.84 Å². The predicted octanol–water partition coefficient (Wildman–Crippen LogP) is 4.46. The van der Waals surface area contributed by atoms with Gasteiger partial charge in [-0.05, 0) is 54.5 Å². The van der Waals surface area contributed by atoms with Gasteiger partial charge >= 0.3 is 6.09 Å². The van der Waals surface area contributed by atoms with Gasteiger partial charge < -0.3 is 30.9 Å².